The highest BCUT2D eigenvalue weighted by molar-refractivity contribution is 5.94. The fourth-order valence-electron chi connectivity index (χ4n) is 4.20. The summed E-state index contributed by atoms with van der Waals surface area (Å²) in [5.74, 6) is 0.187. The largest absolute Gasteiger partial charge is 0.545 e. The summed E-state index contributed by atoms with van der Waals surface area (Å²) in [5, 5.41) is 14.9. The van der Waals surface area contributed by atoms with Gasteiger partial charge < -0.3 is 15.2 Å². The molecule has 0 saturated heterocycles. The minimum absolute atomic E-state index is 0.0108. The lowest BCUT2D eigenvalue weighted by Crippen LogP contribution is -2.49. The molecule has 1 aromatic carbocycles. The highest BCUT2D eigenvalue weighted by Crippen LogP contribution is 2.49. The Bertz CT molecular complexity index is 550. The number of para-hydroxylation sites is 1. The zero-order valence-electron chi connectivity index (χ0n) is 12.4. The Morgan fingerprint density at radius 2 is 2.10 bits per heavy atom. The number of anilines is 1. The summed E-state index contributed by atoms with van der Waals surface area (Å²) in [6.45, 7) is 6.78. The lowest BCUT2D eigenvalue weighted by Gasteiger charge is -2.50. The Morgan fingerprint density at radius 1 is 1.35 bits per heavy atom. The van der Waals surface area contributed by atoms with Gasteiger partial charge in [0, 0.05) is 17.3 Å². The lowest BCUT2D eigenvalue weighted by atomic mass is 9.61. The molecule has 1 saturated carbocycles. The number of hydrogen-bond donors (Lipinski definition) is 1. The van der Waals surface area contributed by atoms with Gasteiger partial charge in [0.1, 0.15) is 0 Å². The molecule has 0 unspecified atom stereocenters. The molecule has 0 radical (unpaired) electrons. The van der Waals surface area contributed by atoms with Crippen LogP contribution in [0.3, 0.4) is 0 Å². The number of rotatable bonds is 1. The topological polar surface area (TPSA) is 52.2 Å². The van der Waals surface area contributed by atoms with Crippen LogP contribution in [0.25, 0.3) is 0 Å². The number of carbonyl (C=O) groups excluding carboxylic acids is 1. The summed E-state index contributed by atoms with van der Waals surface area (Å²) >= 11 is 0. The molecule has 1 aromatic rings. The van der Waals surface area contributed by atoms with E-state index in [1.54, 1.807) is 6.07 Å². The van der Waals surface area contributed by atoms with Crippen LogP contribution in [0, 0.1) is 11.8 Å². The lowest BCUT2D eigenvalue weighted by molar-refractivity contribution is -0.254. The average Bonchev–Trinajstić information content (AvgIpc) is 2.37. The molecule has 3 heteroatoms. The third-order valence-corrected chi connectivity index (χ3v) is 5.35. The standard InChI is InChI=1S/C17H23NO2/c1-10-7-8-12-14(9-10)18-15-11(16(19)20)5-4-6-13(15)17(12,2)3/h4-6,10,12,14,18H,7-9H2,1-3H3,(H,19,20)/p-1/t10-,12-,14+/m1/s1. The summed E-state index contributed by atoms with van der Waals surface area (Å²) in [4.78, 5) is 11.4. The quantitative estimate of drug-likeness (QED) is 0.855. The molecule has 3 nitrogen and oxygen atoms in total. The number of carboxylic acids is 1. The van der Waals surface area contributed by atoms with E-state index in [4.69, 9.17) is 0 Å². The highest BCUT2D eigenvalue weighted by Gasteiger charge is 2.44. The van der Waals surface area contributed by atoms with Gasteiger partial charge in [0.25, 0.3) is 0 Å². The number of aromatic carboxylic acids is 1. The van der Waals surface area contributed by atoms with Gasteiger partial charge in [-0.1, -0.05) is 45.4 Å². The van der Waals surface area contributed by atoms with Crippen molar-refractivity contribution in [1.82, 2.24) is 0 Å². The molecular formula is C17H22NO2-. The molecule has 3 rings (SSSR count). The van der Waals surface area contributed by atoms with E-state index in [0.717, 1.165) is 17.7 Å². The van der Waals surface area contributed by atoms with Gasteiger partial charge >= 0.3 is 0 Å². The molecule has 1 heterocycles. The molecular weight excluding hydrogens is 250 g/mol. The van der Waals surface area contributed by atoms with E-state index >= 15 is 0 Å². The van der Waals surface area contributed by atoms with Crippen molar-refractivity contribution in [1.29, 1.82) is 0 Å². The summed E-state index contributed by atoms with van der Waals surface area (Å²) in [5.41, 5.74) is 2.21. The van der Waals surface area contributed by atoms with Gasteiger partial charge in [0.2, 0.25) is 0 Å². The smallest absolute Gasteiger partial charge is 0.0736 e. The first-order valence-electron chi connectivity index (χ1n) is 7.52. The van der Waals surface area contributed by atoms with Crippen molar-refractivity contribution in [2.45, 2.75) is 51.5 Å². The molecule has 1 fully saturated rings. The van der Waals surface area contributed by atoms with Crippen LogP contribution in [-0.2, 0) is 5.41 Å². The van der Waals surface area contributed by atoms with Crippen molar-refractivity contribution in [3.05, 3.63) is 29.3 Å². The third-order valence-electron chi connectivity index (χ3n) is 5.35. The van der Waals surface area contributed by atoms with Crippen LogP contribution in [0.4, 0.5) is 5.69 Å². The van der Waals surface area contributed by atoms with E-state index in [1.165, 1.54) is 12.8 Å². The Morgan fingerprint density at radius 3 is 2.80 bits per heavy atom. The fourth-order valence-corrected chi connectivity index (χ4v) is 4.20. The minimum atomic E-state index is -1.09. The van der Waals surface area contributed by atoms with E-state index in [2.05, 4.69) is 32.2 Å². The summed E-state index contributed by atoms with van der Waals surface area (Å²) in [6, 6.07) is 5.91. The summed E-state index contributed by atoms with van der Waals surface area (Å²) < 4.78 is 0. The van der Waals surface area contributed by atoms with Gasteiger partial charge in [-0.3, -0.25) is 0 Å². The Hall–Kier alpha value is -1.51. The van der Waals surface area contributed by atoms with Gasteiger partial charge in [-0.05, 0) is 35.7 Å². The number of hydrogen-bond acceptors (Lipinski definition) is 3. The maximum absolute atomic E-state index is 11.4. The number of fused-ring (bicyclic) bond motifs is 2. The summed E-state index contributed by atoms with van der Waals surface area (Å²) in [7, 11) is 0. The second-order valence-corrected chi connectivity index (χ2v) is 7.01. The molecule has 108 valence electrons. The van der Waals surface area contributed by atoms with Gasteiger partial charge in [0.05, 0.1) is 5.97 Å². The van der Waals surface area contributed by atoms with Crippen molar-refractivity contribution in [3.63, 3.8) is 0 Å². The van der Waals surface area contributed by atoms with Crippen molar-refractivity contribution in [3.8, 4) is 0 Å². The van der Waals surface area contributed by atoms with Crippen molar-refractivity contribution < 1.29 is 9.90 Å². The number of carboxylic acid groups (broad SMARTS) is 1. The van der Waals surface area contributed by atoms with Gasteiger partial charge in [-0.15, -0.1) is 0 Å². The first kappa shape index (κ1) is 13.5. The maximum Gasteiger partial charge on any atom is 0.0736 e. The molecule has 0 amide bonds. The van der Waals surface area contributed by atoms with Crippen molar-refractivity contribution in [2.75, 3.05) is 5.32 Å². The second kappa shape index (κ2) is 4.51. The molecule has 0 spiro atoms. The first-order valence-corrected chi connectivity index (χ1v) is 7.52. The molecule has 0 aromatic heterocycles. The average molecular weight is 272 g/mol. The zero-order chi connectivity index (χ0) is 14.5. The number of benzene rings is 1. The van der Waals surface area contributed by atoms with E-state index in [9.17, 15) is 9.90 Å². The maximum atomic E-state index is 11.4. The third kappa shape index (κ3) is 1.91. The molecule has 1 aliphatic carbocycles. The normalized spacial score (nSPS) is 30.9. The predicted octanol–water partition coefficient (Wildman–Crippen LogP) is 2.56. The van der Waals surface area contributed by atoms with E-state index in [-0.39, 0.29) is 5.41 Å². The molecule has 3 atom stereocenters. The van der Waals surface area contributed by atoms with Crippen LogP contribution in [0.2, 0.25) is 0 Å². The van der Waals surface area contributed by atoms with Crippen LogP contribution in [-0.4, -0.2) is 12.0 Å². The number of nitrogens with one attached hydrogen (secondary N) is 1. The van der Waals surface area contributed by atoms with Crippen LogP contribution in [0.15, 0.2) is 18.2 Å². The van der Waals surface area contributed by atoms with Crippen LogP contribution < -0.4 is 10.4 Å². The second-order valence-electron chi connectivity index (χ2n) is 7.01. The fraction of sp³-hybridized carbons (Fsp3) is 0.588. The van der Waals surface area contributed by atoms with Crippen LogP contribution >= 0.6 is 0 Å². The molecule has 2 aliphatic rings. The Labute approximate surface area is 120 Å². The van der Waals surface area contributed by atoms with Gasteiger partial charge in [-0.25, -0.2) is 0 Å². The van der Waals surface area contributed by atoms with Gasteiger partial charge in [0.15, 0.2) is 0 Å². The van der Waals surface area contributed by atoms with Crippen molar-refractivity contribution >= 4 is 11.7 Å². The Balaban J connectivity index is 2.11. The predicted molar refractivity (Wildman–Crippen MR) is 77.7 cm³/mol. The molecule has 1 aliphatic heterocycles. The Kier molecular flexibility index (Phi) is 3.03. The van der Waals surface area contributed by atoms with E-state index < -0.39 is 5.97 Å². The van der Waals surface area contributed by atoms with Crippen LogP contribution in [0.5, 0.6) is 0 Å². The van der Waals surface area contributed by atoms with Crippen LogP contribution in [0.1, 0.15) is 56.0 Å². The monoisotopic (exact) mass is 272 g/mol. The highest BCUT2D eigenvalue weighted by atomic mass is 16.4. The van der Waals surface area contributed by atoms with Gasteiger partial charge in [-0.2, -0.15) is 0 Å². The minimum Gasteiger partial charge on any atom is -0.545 e. The molecule has 20 heavy (non-hydrogen) atoms. The SMILES string of the molecule is C[C@@H]1CC[C@@H]2[C@H](C1)Nc1c(C(=O)[O-])cccc1C2(C)C. The molecule has 1 N–H and O–H groups in total. The summed E-state index contributed by atoms with van der Waals surface area (Å²) in [6.07, 6.45) is 3.59. The first-order chi connectivity index (χ1) is 9.41. The van der Waals surface area contributed by atoms with Crippen molar-refractivity contribution in [2.24, 2.45) is 11.8 Å². The zero-order valence-corrected chi connectivity index (χ0v) is 12.4. The van der Waals surface area contributed by atoms with E-state index in [1.807, 2.05) is 6.07 Å². The van der Waals surface area contributed by atoms with E-state index in [0.29, 0.717) is 23.4 Å². The number of carbonyl (C=O) groups is 1. The molecule has 0 bridgehead atoms.